The second-order valence-corrected chi connectivity index (χ2v) is 9.24. The predicted molar refractivity (Wildman–Crippen MR) is 140 cm³/mol. The van der Waals surface area contributed by atoms with Crippen molar-refractivity contribution in [3.05, 3.63) is 121 Å². The number of carbonyl (C=O) groups excluding carboxylic acids is 1. The molecular formula is C28H23N3O4S. The Balaban J connectivity index is 1.68. The number of anilines is 1. The zero-order chi connectivity index (χ0) is 25.2. The molecule has 2 heterocycles. The molecule has 3 aromatic carbocycles. The molecule has 1 aliphatic rings. The maximum absolute atomic E-state index is 13.7. The number of hydrogen-bond acceptors (Lipinski definition) is 6. The maximum atomic E-state index is 13.7. The fourth-order valence-corrected chi connectivity index (χ4v) is 5.22. The van der Waals surface area contributed by atoms with E-state index in [-0.39, 0.29) is 17.2 Å². The van der Waals surface area contributed by atoms with Crippen LogP contribution in [0.25, 0.3) is 6.08 Å². The highest BCUT2D eigenvalue weighted by Gasteiger charge is 2.32. The lowest BCUT2D eigenvalue weighted by molar-refractivity contribution is -0.113. The van der Waals surface area contributed by atoms with Crippen LogP contribution in [0, 0.1) is 0 Å². The summed E-state index contributed by atoms with van der Waals surface area (Å²) in [6, 6.07) is 22.6. The van der Waals surface area contributed by atoms with Gasteiger partial charge in [0.25, 0.3) is 11.5 Å². The van der Waals surface area contributed by atoms with Gasteiger partial charge >= 0.3 is 0 Å². The van der Waals surface area contributed by atoms with Gasteiger partial charge in [-0.15, -0.1) is 0 Å². The van der Waals surface area contributed by atoms with Crippen LogP contribution in [-0.4, -0.2) is 22.7 Å². The molecule has 1 aromatic heterocycles. The number of phenols is 1. The zero-order valence-electron chi connectivity index (χ0n) is 19.6. The smallest absolute Gasteiger partial charge is 0.271 e. The molecule has 8 heteroatoms. The number of amides is 1. The van der Waals surface area contributed by atoms with Crippen LogP contribution in [0.2, 0.25) is 0 Å². The third-order valence-corrected chi connectivity index (χ3v) is 6.94. The molecule has 180 valence electrons. The summed E-state index contributed by atoms with van der Waals surface area (Å²) in [6.45, 7) is 1.77. The number of thiazole rings is 1. The standard InChI is InChI=1S/C28H23N3O4S/c1-17-24(26(33)30-20-9-4-3-5-10-20)25(18-12-14-21(35-2)15-13-18)31-27(34)23(36-28(31)29-17)16-19-8-6-7-11-22(19)32/h3-16,25,32H,1-2H3,(H,30,33)/b23-16+/t25-/m1/s1. The fraction of sp³-hybridized carbons (Fsp3) is 0.107. The Kier molecular flexibility index (Phi) is 6.26. The summed E-state index contributed by atoms with van der Waals surface area (Å²) >= 11 is 1.22. The number of aromatic nitrogens is 1. The SMILES string of the molecule is COc1ccc([C@@H]2C(C(=O)Nc3ccccc3)=C(C)N=c3s/c(=C/c4ccccc4O)c(=O)n32)cc1. The van der Waals surface area contributed by atoms with E-state index in [9.17, 15) is 14.7 Å². The minimum absolute atomic E-state index is 0.0779. The summed E-state index contributed by atoms with van der Waals surface area (Å²) < 4.78 is 7.26. The number of methoxy groups -OCH3 is 1. The highest BCUT2D eigenvalue weighted by molar-refractivity contribution is 7.07. The van der Waals surface area contributed by atoms with Gasteiger partial charge in [-0.05, 0) is 48.9 Å². The van der Waals surface area contributed by atoms with E-state index in [0.717, 1.165) is 5.56 Å². The van der Waals surface area contributed by atoms with Crippen LogP contribution in [0.15, 0.2) is 99.9 Å². The Morgan fingerprint density at radius 1 is 1.06 bits per heavy atom. The van der Waals surface area contributed by atoms with Crippen LogP contribution >= 0.6 is 11.3 Å². The Morgan fingerprint density at radius 3 is 2.44 bits per heavy atom. The highest BCUT2D eigenvalue weighted by Crippen LogP contribution is 2.31. The Labute approximate surface area is 211 Å². The molecule has 0 spiro atoms. The van der Waals surface area contributed by atoms with Gasteiger partial charge in [0.05, 0.1) is 29.0 Å². The number of carbonyl (C=O) groups is 1. The first-order valence-corrected chi connectivity index (χ1v) is 12.1. The second kappa shape index (κ2) is 9.67. The molecule has 1 aliphatic heterocycles. The lowest BCUT2D eigenvalue weighted by Gasteiger charge is -2.25. The van der Waals surface area contributed by atoms with Gasteiger partial charge in [-0.3, -0.25) is 14.2 Å². The van der Waals surface area contributed by atoms with Crippen LogP contribution < -0.4 is 24.9 Å². The molecule has 5 rings (SSSR count). The number of nitrogens with zero attached hydrogens (tertiary/aromatic N) is 2. The quantitative estimate of drug-likeness (QED) is 0.441. The maximum Gasteiger partial charge on any atom is 0.271 e. The van der Waals surface area contributed by atoms with Crippen LogP contribution in [-0.2, 0) is 4.79 Å². The minimum atomic E-state index is -0.692. The summed E-state index contributed by atoms with van der Waals surface area (Å²) in [5.41, 5.74) is 2.54. The lowest BCUT2D eigenvalue weighted by atomic mass is 9.95. The first-order chi connectivity index (χ1) is 17.5. The average Bonchev–Trinajstić information content (AvgIpc) is 3.19. The molecule has 7 nitrogen and oxygen atoms in total. The normalized spacial score (nSPS) is 15.3. The van der Waals surface area contributed by atoms with Crippen molar-refractivity contribution in [3.8, 4) is 11.5 Å². The number of fused-ring (bicyclic) bond motifs is 1. The lowest BCUT2D eigenvalue weighted by Crippen LogP contribution is -2.40. The first kappa shape index (κ1) is 23.3. The molecular weight excluding hydrogens is 474 g/mol. The fourth-order valence-electron chi connectivity index (χ4n) is 4.18. The van der Waals surface area contributed by atoms with E-state index in [2.05, 4.69) is 10.3 Å². The molecule has 2 N–H and O–H groups in total. The molecule has 1 atom stereocenters. The van der Waals surface area contributed by atoms with Gasteiger partial charge in [0, 0.05) is 11.3 Å². The number of hydrogen-bond donors (Lipinski definition) is 2. The molecule has 0 radical (unpaired) electrons. The summed E-state index contributed by atoms with van der Waals surface area (Å²) in [7, 11) is 1.58. The highest BCUT2D eigenvalue weighted by atomic mass is 32.1. The van der Waals surface area contributed by atoms with Crippen LogP contribution in [0.1, 0.15) is 24.1 Å². The van der Waals surface area contributed by atoms with Crippen molar-refractivity contribution >= 4 is 29.0 Å². The average molecular weight is 498 g/mol. The summed E-state index contributed by atoms with van der Waals surface area (Å²) in [4.78, 5) is 32.4. The van der Waals surface area contributed by atoms with E-state index < -0.39 is 6.04 Å². The van der Waals surface area contributed by atoms with Crippen molar-refractivity contribution in [2.24, 2.45) is 4.99 Å². The van der Waals surface area contributed by atoms with Gasteiger partial charge in [0.2, 0.25) is 0 Å². The summed E-state index contributed by atoms with van der Waals surface area (Å²) in [6.07, 6.45) is 1.65. The van der Waals surface area contributed by atoms with Crippen molar-refractivity contribution < 1.29 is 14.6 Å². The second-order valence-electron chi connectivity index (χ2n) is 8.23. The molecule has 0 saturated heterocycles. The van der Waals surface area contributed by atoms with E-state index in [1.54, 1.807) is 73.2 Å². The number of phenolic OH excluding ortho intramolecular Hbond substituents is 1. The molecule has 0 fully saturated rings. The van der Waals surface area contributed by atoms with E-state index in [4.69, 9.17) is 4.74 Å². The number of benzene rings is 3. The summed E-state index contributed by atoms with van der Waals surface area (Å²) in [5, 5.41) is 13.1. The minimum Gasteiger partial charge on any atom is -0.507 e. The largest absolute Gasteiger partial charge is 0.507 e. The molecule has 4 aromatic rings. The third kappa shape index (κ3) is 4.34. The van der Waals surface area contributed by atoms with Crippen molar-refractivity contribution in [2.75, 3.05) is 12.4 Å². The topological polar surface area (TPSA) is 92.9 Å². The van der Waals surface area contributed by atoms with Crippen molar-refractivity contribution in [1.82, 2.24) is 4.57 Å². The van der Waals surface area contributed by atoms with Gasteiger partial charge < -0.3 is 15.2 Å². The monoisotopic (exact) mass is 497 g/mol. The molecule has 0 bridgehead atoms. The number of allylic oxidation sites excluding steroid dienone is 1. The molecule has 1 amide bonds. The first-order valence-electron chi connectivity index (χ1n) is 11.3. The molecule has 36 heavy (non-hydrogen) atoms. The van der Waals surface area contributed by atoms with Gasteiger partial charge in [0.1, 0.15) is 11.5 Å². The number of ether oxygens (including phenoxy) is 1. The van der Waals surface area contributed by atoms with Gasteiger partial charge in [0.15, 0.2) is 4.80 Å². The van der Waals surface area contributed by atoms with Gasteiger partial charge in [-0.1, -0.05) is 59.9 Å². The van der Waals surface area contributed by atoms with Crippen molar-refractivity contribution in [3.63, 3.8) is 0 Å². The van der Waals surface area contributed by atoms with Gasteiger partial charge in [-0.2, -0.15) is 0 Å². The molecule has 0 unspecified atom stereocenters. The van der Waals surface area contributed by atoms with Crippen LogP contribution in [0.4, 0.5) is 5.69 Å². The van der Waals surface area contributed by atoms with E-state index >= 15 is 0 Å². The number of para-hydroxylation sites is 2. The van der Waals surface area contributed by atoms with Crippen molar-refractivity contribution in [1.29, 1.82) is 0 Å². The Bertz CT molecular complexity index is 1650. The van der Waals surface area contributed by atoms with Gasteiger partial charge in [-0.25, -0.2) is 4.99 Å². The third-order valence-electron chi connectivity index (χ3n) is 5.95. The van der Waals surface area contributed by atoms with E-state index in [1.807, 2.05) is 30.3 Å². The predicted octanol–water partition coefficient (Wildman–Crippen LogP) is 3.59. The van der Waals surface area contributed by atoms with Crippen molar-refractivity contribution in [2.45, 2.75) is 13.0 Å². The number of nitrogens with one attached hydrogen (secondary N) is 1. The van der Waals surface area contributed by atoms with Crippen LogP contribution in [0.5, 0.6) is 11.5 Å². The molecule has 0 saturated carbocycles. The van der Waals surface area contributed by atoms with Crippen LogP contribution in [0.3, 0.4) is 0 Å². The number of aromatic hydroxyl groups is 1. The molecule has 0 aliphatic carbocycles. The Hall–Kier alpha value is -4.43. The zero-order valence-corrected chi connectivity index (χ0v) is 20.5. The number of rotatable bonds is 5. The van der Waals surface area contributed by atoms with E-state index in [0.29, 0.717) is 37.6 Å². The summed E-state index contributed by atoms with van der Waals surface area (Å²) in [5.74, 6) is 0.411. The van der Waals surface area contributed by atoms with E-state index in [1.165, 1.54) is 11.3 Å². The Morgan fingerprint density at radius 2 is 1.75 bits per heavy atom.